The minimum absolute atomic E-state index is 1.13. The van der Waals surface area contributed by atoms with Crippen molar-refractivity contribution in [1.29, 1.82) is 10.5 Å². The third-order valence-electron chi connectivity index (χ3n) is 3.84. The Labute approximate surface area is 148 Å². The third kappa shape index (κ3) is 2.80. The van der Waals surface area contributed by atoms with Crippen LogP contribution in [0, 0.1) is 19.6 Å². The van der Waals surface area contributed by atoms with Crippen LogP contribution in [0.4, 0.5) is 0 Å². The quantitative estimate of drug-likeness (QED) is 0.480. The molecule has 0 aliphatic carbocycles. The molecule has 0 atom stereocenters. The molecule has 0 spiro atoms. The summed E-state index contributed by atoms with van der Waals surface area (Å²) in [5.74, 6) is 0. The van der Waals surface area contributed by atoms with Gasteiger partial charge >= 0.3 is 148 Å². The fourth-order valence-electron chi connectivity index (χ4n) is 2.87. The van der Waals surface area contributed by atoms with Crippen LogP contribution in [0.1, 0.15) is 0 Å². The van der Waals surface area contributed by atoms with Gasteiger partial charge in [0.15, 0.2) is 0 Å². The molecule has 3 aromatic rings. The number of benzene rings is 3. The Morgan fingerprint density at radius 1 is 0.542 bits per heavy atom. The summed E-state index contributed by atoms with van der Waals surface area (Å²) in [7, 11) is 0. The van der Waals surface area contributed by atoms with Gasteiger partial charge in [-0.3, -0.25) is 0 Å². The molecule has 0 saturated carbocycles. The van der Waals surface area contributed by atoms with E-state index in [2.05, 4.69) is 45.5 Å². The van der Waals surface area contributed by atoms with Gasteiger partial charge in [-0.15, -0.1) is 0 Å². The first-order chi connectivity index (χ1) is 11.8. The fourth-order valence-corrected chi connectivity index (χ4v) is 14.5. The van der Waals surface area contributed by atoms with Crippen LogP contribution >= 0.6 is 5.45 Å². The molecule has 0 bridgehead atoms. The van der Waals surface area contributed by atoms with E-state index in [1.54, 1.807) is 0 Å². The van der Waals surface area contributed by atoms with Crippen molar-refractivity contribution in [2.45, 2.75) is 0 Å². The Morgan fingerprint density at radius 3 is 1.08 bits per heavy atom. The molecule has 3 aromatic carbocycles. The summed E-state index contributed by atoms with van der Waals surface area (Å²) in [6.45, 7) is 0. The summed E-state index contributed by atoms with van der Waals surface area (Å²) >= 11 is -2.11. The molecule has 0 aliphatic heterocycles. The van der Waals surface area contributed by atoms with Gasteiger partial charge in [0.05, 0.1) is 0 Å². The summed E-state index contributed by atoms with van der Waals surface area (Å²) in [5.41, 5.74) is -2.66. The monoisotopic (exact) mass is 421 g/mol. The predicted molar refractivity (Wildman–Crippen MR) is 97.8 cm³/mol. The van der Waals surface area contributed by atoms with E-state index < -0.39 is 21.7 Å². The molecule has 0 fully saturated rings. The summed E-state index contributed by atoms with van der Waals surface area (Å²) in [6, 6.07) is 30.4. The van der Waals surface area contributed by atoms with E-state index in [0.717, 1.165) is 15.9 Å². The van der Waals surface area contributed by atoms with Gasteiger partial charge in [0, 0.05) is 0 Å². The van der Waals surface area contributed by atoms with Gasteiger partial charge in [-0.25, -0.2) is 0 Å². The average Bonchev–Trinajstić information content (AvgIpc) is 2.68. The van der Waals surface area contributed by atoms with Crippen LogP contribution < -0.4 is 15.9 Å². The molecule has 0 N–H and O–H groups in total. The van der Waals surface area contributed by atoms with E-state index in [1.807, 2.05) is 54.6 Å². The zero-order chi connectivity index (χ0) is 16.8. The van der Waals surface area contributed by atoms with Crippen LogP contribution in [-0.2, 0) is 16.3 Å². The molecule has 0 radical (unpaired) electrons. The summed E-state index contributed by atoms with van der Waals surface area (Å²) in [6.07, 6.45) is 0. The maximum absolute atomic E-state index is 9.86. The van der Waals surface area contributed by atoms with Crippen LogP contribution in [0.25, 0.3) is 0 Å². The number of hydrogen-bond acceptors (Lipinski definition) is 2. The van der Waals surface area contributed by atoms with Crippen molar-refractivity contribution in [3.05, 3.63) is 91.0 Å². The van der Waals surface area contributed by atoms with E-state index in [1.165, 1.54) is 0 Å². The molecule has 4 heteroatoms. The first-order valence-electron chi connectivity index (χ1n) is 7.40. The average molecular weight is 422 g/mol. The zero-order valence-electron chi connectivity index (χ0n) is 12.9. The van der Waals surface area contributed by atoms with Crippen molar-refractivity contribution in [2.24, 2.45) is 0 Å². The zero-order valence-corrected chi connectivity index (χ0v) is 15.4. The molecule has 0 unspecified atom stereocenters. The Kier molecular flexibility index (Phi) is 5.21. The van der Waals surface area contributed by atoms with Gasteiger partial charge in [-0.05, 0) is 0 Å². The summed E-state index contributed by atoms with van der Waals surface area (Å²) in [5, 5.41) is 23.1. The van der Waals surface area contributed by atoms with E-state index in [0.29, 0.717) is 0 Å². The van der Waals surface area contributed by atoms with Crippen molar-refractivity contribution >= 4 is 21.4 Å². The molecule has 0 aromatic heterocycles. The van der Waals surface area contributed by atoms with Crippen molar-refractivity contribution in [2.75, 3.05) is 0 Å². The normalized spacial score (nSPS) is 11.8. The standard InChI is InChI=1S/C18H15P.2CN.Pd/c1-4-10-16(11-5-1)19(17-12-6-2-7-13-17)18-14-8-3-9-15-18;2*1-2;/h1-15H;;;/q;;;-1/p+1. The topological polar surface area (TPSA) is 47.6 Å². The Morgan fingerprint density at radius 2 is 0.833 bits per heavy atom. The molecule has 121 valence electrons. The first-order valence-corrected chi connectivity index (χ1v) is 13.1. The SMILES string of the molecule is N#[C][Pd]([C]#N)[PH](c1ccccc1)(c1ccccc1)c1ccccc1. The van der Waals surface area contributed by atoms with Crippen molar-refractivity contribution < 1.29 is 16.3 Å². The van der Waals surface area contributed by atoms with E-state index in [-0.39, 0.29) is 0 Å². The second kappa shape index (κ2) is 7.53. The maximum atomic E-state index is 9.86. The number of hydrogen-bond donors (Lipinski definition) is 0. The van der Waals surface area contributed by atoms with E-state index >= 15 is 0 Å². The van der Waals surface area contributed by atoms with E-state index in [9.17, 15) is 10.5 Å². The van der Waals surface area contributed by atoms with Crippen LogP contribution in [0.5, 0.6) is 0 Å². The van der Waals surface area contributed by atoms with Crippen LogP contribution in [0.2, 0.25) is 0 Å². The fraction of sp³-hybridized carbons (Fsp3) is 0. The molecule has 24 heavy (non-hydrogen) atoms. The van der Waals surface area contributed by atoms with E-state index in [4.69, 9.17) is 0 Å². The molecule has 0 amide bonds. The molecule has 2 nitrogen and oxygen atoms in total. The number of nitrogens with zero attached hydrogens (tertiary/aromatic N) is 2. The van der Waals surface area contributed by atoms with Crippen LogP contribution in [0.3, 0.4) is 0 Å². The Balaban J connectivity index is 2.43. The molecule has 3 rings (SSSR count). The predicted octanol–water partition coefficient (Wildman–Crippen LogP) is 3.21. The molecular formula is C20H16N2PPd. The Hall–Kier alpha value is -2.27. The molecule has 0 heterocycles. The molecule has 0 saturated heterocycles. The first kappa shape index (κ1) is 16.6. The Bertz CT molecular complexity index is 773. The molecule has 0 aliphatic rings. The van der Waals surface area contributed by atoms with Gasteiger partial charge < -0.3 is 0 Å². The third-order valence-corrected chi connectivity index (χ3v) is 16.7. The minimum atomic E-state index is -2.66. The number of rotatable bonds is 4. The van der Waals surface area contributed by atoms with Crippen LogP contribution in [0.15, 0.2) is 91.0 Å². The van der Waals surface area contributed by atoms with Crippen LogP contribution in [-0.4, -0.2) is 0 Å². The number of nitriles is 2. The van der Waals surface area contributed by atoms with Gasteiger partial charge in [-0.1, -0.05) is 0 Å². The molecular weight excluding hydrogens is 406 g/mol. The summed E-state index contributed by atoms with van der Waals surface area (Å²) in [4.78, 5) is 0. The second-order valence-corrected chi connectivity index (χ2v) is 15.3. The van der Waals surface area contributed by atoms with Gasteiger partial charge in [-0.2, -0.15) is 0 Å². The summed E-state index contributed by atoms with van der Waals surface area (Å²) < 4.78 is 4.81. The van der Waals surface area contributed by atoms with Crippen molar-refractivity contribution in [1.82, 2.24) is 0 Å². The second-order valence-electron chi connectivity index (χ2n) is 5.09. The van der Waals surface area contributed by atoms with Gasteiger partial charge in [0.25, 0.3) is 0 Å². The van der Waals surface area contributed by atoms with Gasteiger partial charge in [0.2, 0.25) is 0 Å². The van der Waals surface area contributed by atoms with Gasteiger partial charge in [0.1, 0.15) is 0 Å². The van der Waals surface area contributed by atoms with Crippen molar-refractivity contribution in [3.63, 3.8) is 0 Å². The van der Waals surface area contributed by atoms with Crippen molar-refractivity contribution in [3.8, 4) is 9.08 Å².